The molecule has 25 heavy (non-hydrogen) atoms. The quantitative estimate of drug-likeness (QED) is 0.917. The van der Waals surface area contributed by atoms with Crippen molar-refractivity contribution in [3.8, 4) is 0 Å². The van der Waals surface area contributed by atoms with Crippen LogP contribution < -0.4 is 5.32 Å². The summed E-state index contributed by atoms with van der Waals surface area (Å²) in [6, 6.07) is 12.9. The van der Waals surface area contributed by atoms with Gasteiger partial charge in [-0.05, 0) is 48.6 Å². The molecular weight excluding hydrogens is 341 g/mol. The van der Waals surface area contributed by atoms with E-state index >= 15 is 0 Å². The monoisotopic (exact) mass is 359 g/mol. The van der Waals surface area contributed by atoms with E-state index in [0.29, 0.717) is 5.56 Å². The van der Waals surface area contributed by atoms with Crippen LogP contribution in [0.15, 0.2) is 53.4 Å². The van der Waals surface area contributed by atoms with Crippen molar-refractivity contribution >= 4 is 15.7 Å². The minimum absolute atomic E-state index is 0.0222. The first-order chi connectivity index (χ1) is 11.9. The van der Waals surface area contributed by atoms with Gasteiger partial charge in [-0.2, -0.15) is 0 Å². The Morgan fingerprint density at radius 2 is 1.76 bits per heavy atom. The summed E-state index contributed by atoms with van der Waals surface area (Å²) in [6.07, 6.45) is 1.89. The predicted octanol–water partition coefficient (Wildman–Crippen LogP) is 2.89. The Morgan fingerprint density at radius 1 is 1.08 bits per heavy atom. The van der Waals surface area contributed by atoms with Gasteiger partial charge in [0.15, 0.2) is 9.84 Å². The van der Waals surface area contributed by atoms with Gasteiger partial charge in [-0.1, -0.05) is 30.3 Å². The van der Waals surface area contributed by atoms with Gasteiger partial charge in [0.1, 0.15) is 5.82 Å². The van der Waals surface area contributed by atoms with Gasteiger partial charge < -0.3 is 5.32 Å². The van der Waals surface area contributed by atoms with Crippen molar-refractivity contribution in [3.63, 3.8) is 0 Å². The minimum atomic E-state index is -3.32. The van der Waals surface area contributed by atoms with Crippen molar-refractivity contribution in [2.75, 3.05) is 5.75 Å². The first-order valence-corrected chi connectivity index (χ1v) is 9.96. The van der Waals surface area contributed by atoms with Gasteiger partial charge in [0, 0.05) is 0 Å². The van der Waals surface area contributed by atoms with Gasteiger partial charge in [0.2, 0.25) is 5.91 Å². The fraction of sp³-hybridized carbons (Fsp3) is 0.316. The first kappa shape index (κ1) is 16.3. The second kappa shape index (κ2) is 5.66. The van der Waals surface area contributed by atoms with Crippen LogP contribution in [0.4, 0.5) is 4.39 Å². The van der Waals surface area contributed by atoms with Crippen molar-refractivity contribution in [1.82, 2.24) is 5.32 Å². The molecule has 0 aromatic heterocycles. The largest absolute Gasteiger partial charge is 0.346 e. The zero-order valence-electron chi connectivity index (χ0n) is 13.5. The average Bonchev–Trinajstić information content (AvgIpc) is 3.36. The number of carbonyl (C=O) groups excluding carboxylic acids is 1. The van der Waals surface area contributed by atoms with E-state index in [0.717, 1.165) is 18.4 Å². The molecule has 1 heterocycles. The molecule has 1 saturated carbocycles. The van der Waals surface area contributed by atoms with Crippen LogP contribution in [0.2, 0.25) is 0 Å². The molecule has 2 aliphatic rings. The minimum Gasteiger partial charge on any atom is -0.346 e. The molecule has 1 fully saturated rings. The highest BCUT2D eigenvalue weighted by Crippen LogP contribution is 2.46. The summed E-state index contributed by atoms with van der Waals surface area (Å²) >= 11 is 0. The molecule has 1 atom stereocenters. The summed E-state index contributed by atoms with van der Waals surface area (Å²) < 4.78 is 37.6. The SMILES string of the molecule is O=C(NC1(c2ccc(F)cc2)CC1)C1CCS(=O)(=O)c2ccccc21. The Morgan fingerprint density at radius 3 is 2.44 bits per heavy atom. The number of hydrogen-bond donors (Lipinski definition) is 1. The van der Waals surface area contributed by atoms with Crippen LogP contribution in [0.3, 0.4) is 0 Å². The molecule has 2 aromatic rings. The van der Waals surface area contributed by atoms with Gasteiger partial charge in [-0.3, -0.25) is 4.79 Å². The number of carbonyl (C=O) groups is 1. The lowest BCUT2D eigenvalue weighted by molar-refractivity contribution is -0.123. The lowest BCUT2D eigenvalue weighted by Gasteiger charge is -2.27. The average molecular weight is 359 g/mol. The van der Waals surface area contributed by atoms with E-state index in [-0.39, 0.29) is 28.8 Å². The molecule has 2 aromatic carbocycles. The van der Waals surface area contributed by atoms with Crippen molar-refractivity contribution in [1.29, 1.82) is 0 Å². The number of hydrogen-bond acceptors (Lipinski definition) is 3. The van der Waals surface area contributed by atoms with Crippen molar-refractivity contribution in [3.05, 3.63) is 65.5 Å². The van der Waals surface area contributed by atoms with Crippen molar-refractivity contribution in [2.45, 2.75) is 35.6 Å². The lowest BCUT2D eigenvalue weighted by atomic mass is 9.93. The van der Waals surface area contributed by atoms with Gasteiger partial charge in [0.25, 0.3) is 0 Å². The molecule has 1 amide bonds. The fourth-order valence-corrected chi connectivity index (χ4v) is 5.19. The molecule has 1 aliphatic carbocycles. The number of rotatable bonds is 3. The van der Waals surface area contributed by atoms with Gasteiger partial charge in [-0.25, -0.2) is 12.8 Å². The molecule has 4 nitrogen and oxygen atoms in total. The second-order valence-electron chi connectivity index (χ2n) is 6.78. The normalized spacial score (nSPS) is 22.7. The van der Waals surface area contributed by atoms with E-state index in [1.54, 1.807) is 36.4 Å². The summed E-state index contributed by atoms with van der Waals surface area (Å²) in [5.74, 6) is -0.967. The Bertz CT molecular complexity index is 933. The molecule has 0 saturated heterocycles. The van der Waals surface area contributed by atoms with Crippen LogP contribution in [0.1, 0.15) is 36.3 Å². The first-order valence-electron chi connectivity index (χ1n) is 8.31. The number of nitrogens with one attached hydrogen (secondary N) is 1. The zero-order chi connectivity index (χ0) is 17.7. The van der Waals surface area contributed by atoms with E-state index < -0.39 is 21.3 Å². The zero-order valence-corrected chi connectivity index (χ0v) is 14.4. The molecule has 130 valence electrons. The standard InChI is InChI=1S/C19H18FNO3S/c20-14-7-5-13(6-8-14)19(10-11-19)21-18(22)16-9-12-25(23,24)17-4-2-1-3-15(16)17/h1-8,16H,9-12H2,(H,21,22). The van der Waals surface area contributed by atoms with Crippen molar-refractivity contribution < 1.29 is 17.6 Å². The Balaban J connectivity index is 1.61. The Kier molecular flexibility index (Phi) is 3.68. The topological polar surface area (TPSA) is 63.2 Å². The predicted molar refractivity (Wildman–Crippen MR) is 91.3 cm³/mol. The van der Waals surface area contributed by atoms with Gasteiger partial charge in [0.05, 0.1) is 22.1 Å². The van der Waals surface area contributed by atoms with E-state index in [1.165, 1.54) is 12.1 Å². The number of sulfone groups is 1. The maximum atomic E-state index is 13.1. The van der Waals surface area contributed by atoms with Crippen LogP contribution >= 0.6 is 0 Å². The summed E-state index contributed by atoms with van der Waals surface area (Å²) in [7, 11) is -3.32. The lowest BCUT2D eigenvalue weighted by Crippen LogP contribution is -2.40. The van der Waals surface area contributed by atoms with Crippen LogP contribution in [-0.4, -0.2) is 20.1 Å². The Hall–Kier alpha value is -2.21. The van der Waals surface area contributed by atoms with Crippen LogP contribution in [0.25, 0.3) is 0 Å². The smallest absolute Gasteiger partial charge is 0.228 e. The van der Waals surface area contributed by atoms with Crippen LogP contribution in [0, 0.1) is 5.82 Å². The molecule has 1 unspecified atom stereocenters. The molecular formula is C19H18FNO3S. The number of fused-ring (bicyclic) bond motifs is 1. The van der Waals surface area contributed by atoms with Gasteiger partial charge >= 0.3 is 0 Å². The van der Waals surface area contributed by atoms with Crippen LogP contribution in [0.5, 0.6) is 0 Å². The maximum absolute atomic E-state index is 13.1. The molecule has 1 N–H and O–H groups in total. The number of amides is 1. The third-order valence-electron chi connectivity index (χ3n) is 5.13. The van der Waals surface area contributed by atoms with E-state index in [4.69, 9.17) is 0 Å². The highest BCUT2D eigenvalue weighted by atomic mass is 32.2. The molecule has 0 bridgehead atoms. The number of benzene rings is 2. The highest BCUT2D eigenvalue weighted by Gasteiger charge is 2.47. The van der Waals surface area contributed by atoms with E-state index in [2.05, 4.69) is 5.32 Å². The highest BCUT2D eigenvalue weighted by molar-refractivity contribution is 7.91. The molecule has 0 spiro atoms. The summed E-state index contributed by atoms with van der Waals surface area (Å²) in [6.45, 7) is 0. The molecule has 1 aliphatic heterocycles. The number of halogens is 1. The van der Waals surface area contributed by atoms with Crippen molar-refractivity contribution in [2.24, 2.45) is 0 Å². The van der Waals surface area contributed by atoms with E-state index in [1.807, 2.05) is 0 Å². The summed E-state index contributed by atoms with van der Waals surface area (Å²) in [5.41, 5.74) is 1.01. The summed E-state index contributed by atoms with van der Waals surface area (Å²) in [4.78, 5) is 13.1. The third kappa shape index (κ3) is 2.84. The molecule has 4 rings (SSSR count). The Labute approximate surface area is 146 Å². The van der Waals surface area contributed by atoms with E-state index in [9.17, 15) is 17.6 Å². The van der Waals surface area contributed by atoms with Crippen LogP contribution in [-0.2, 0) is 20.2 Å². The third-order valence-corrected chi connectivity index (χ3v) is 6.95. The summed E-state index contributed by atoms with van der Waals surface area (Å²) in [5, 5.41) is 3.08. The molecule has 6 heteroatoms. The molecule has 0 radical (unpaired) electrons. The fourth-order valence-electron chi connectivity index (χ4n) is 3.57. The van der Waals surface area contributed by atoms with Gasteiger partial charge in [-0.15, -0.1) is 0 Å². The maximum Gasteiger partial charge on any atom is 0.228 e. The second-order valence-corrected chi connectivity index (χ2v) is 8.85.